The molecule has 0 heterocycles. The molecule has 1 amide bonds. The number of hydrogen-bond donors (Lipinski definition) is 1. The fourth-order valence-corrected chi connectivity index (χ4v) is 1.33. The van der Waals surface area contributed by atoms with Crippen molar-refractivity contribution in [3.05, 3.63) is 41.5 Å². The summed E-state index contributed by atoms with van der Waals surface area (Å²) in [4.78, 5) is 22.7. The third kappa shape index (κ3) is 3.45. The lowest BCUT2D eigenvalue weighted by Crippen LogP contribution is -2.10. The molecule has 0 atom stereocenters. The molecule has 0 radical (unpaired) electrons. The van der Waals surface area contributed by atoms with E-state index >= 15 is 0 Å². The maximum absolute atomic E-state index is 11.4. The van der Waals surface area contributed by atoms with Crippen LogP contribution in [0, 0.1) is 6.92 Å². The van der Waals surface area contributed by atoms with Crippen molar-refractivity contribution in [2.75, 3.05) is 12.4 Å². The highest BCUT2D eigenvalue weighted by Crippen LogP contribution is 2.17. The van der Waals surface area contributed by atoms with Gasteiger partial charge < -0.3 is 10.1 Å². The van der Waals surface area contributed by atoms with Crippen LogP contribution >= 0.6 is 0 Å². The Kier molecular flexibility index (Phi) is 4.46. The van der Waals surface area contributed by atoms with Gasteiger partial charge in [0, 0.05) is 5.69 Å². The number of amides is 1. The topological polar surface area (TPSA) is 55.4 Å². The highest BCUT2D eigenvalue weighted by atomic mass is 16.5. The van der Waals surface area contributed by atoms with E-state index in [-0.39, 0.29) is 5.91 Å². The zero-order valence-corrected chi connectivity index (χ0v) is 10.1. The second-order valence-electron chi connectivity index (χ2n) is 3.51. The summed E-state index contributed by atoms with van der Waals surface area (Å²) < 4.78 is 4.62. The maximum atomic E-state index is 11.4. The van der Waals surface area contributed by atoms with E-state index < -0.39 is 5.97 Å². The molecule has 0 unspecified atom stereocenters. The SMILES string of the molecule is C/C=C/C(=O)Nc1cc(C(=O)OC)ccc1C. The zero-order chi connectivity index (χ0) is 12.8. The quantitative estimate of drug-likeness (QED) is 0.643. The molecule has 90 valence electrons. The number of carbonyl (C=O) groups is 2. The molecule has 0 saturated heterocycles. The minimum atomic E-state index is -0.425. The Morgan fingerprint density at radius 2 is 2.06 bits per heavy atom. The molecule has 0 saturated carbocycles. The van der Waals surface area contributed by atoms with Crippen LogP contribution in [0.4, 0.5) is 5.69 Å². The lowest BCUT2D eigenvalue weighted by molar-refractivity contribution is -0.111. The molecular weight excluding hydrogens is 218 g/mol. The minimum Gasteiger partial charge on any atom is -0.465 e. The number of allylic oxidation sites excluding steroid dienone is 1. The number of aryl methyl sites for hydroxylation is 1. The standard InChI is InChI=1S/C13H15NO3/c1-4-5-12(15)14-11-8-10(13(16)17-3)7-6-9(11)2/h4-8H,1-3H3,(H,14,15)/b5-4+. The molecule has 4 heteroatoms. The van der Waals surface area contributed by atoms with Crippen LogP contribution in [-0.2, 0) is 9.53 Å². The van der Waals surface area contributed by atoms with Crippen LogP contribution in [0.15, 0.2) is 30.4 Å². The summed E-state index contributed by atoms with van der Waals surface area (Å²) in [5.74, 6) is -0.649. The second-order valence-corrected chi connectivity index (χ2v) is 3.51. The monoisotopic (exact) mass is 233 g/mol. The summed E-state index contributed by atoms with van der Waals surface area (Å²) >= 11 is 0. The van der Waals surface area contributed by atoms with E-state index in [2.05, 4.69) is 10.1 Å². The van der Waals surface area contributed by atoms with Crippen LogP contribution in [-0.4, -0.2) is 19.0 Å². The molecule has 0 bridgehead atoms. The summed E-state index contributed by atoms with van der Waals surface area (Å²) in [6, 6.07) is 5.02. The van der Waals surface area contributed by atoms with Gasteiger partial charge in [-0.05, 0) is 37.6 Å². The van der Waals surface area contributed by atoms with Crippen molar-refractivity contribution in [3.63, 3.8) is 0 Å². The van der Waals surface area contributed by atoms with Crippen LogP contribution in [0.5, 0.6) is 0 Å². The number of anilines is 1. The summed E-state index contributed by atoms with van der Waals surface area (Å²) in [5, 5.41) is 2.70. The minimum absolute atomic E-state index is 0.224. The van der Waals surface area contributed by atoms with Crippen molar-refractivity contribution in [2.24, 2.45) is 0 Å². The van der Waals surface area contributed by atoms with Crippen LogP contribution in [0.1, 0.15) is 22.8 Å². The second kappa shape index (κ2) is 5.84. The molecule has 17 heavy (non-hydrogen) atoms. The summed E-state index contributed by atoms with van der Waals surface area (Å²) in [6.07, 6.45) is 3.07. The van der Waals surface area contributed by atoms with Crippen LogP contribution in [0.3, 0.4) is 0 Å². The summed E-state index contributed by atoms with van der Waals surface area (Å²) in [7, 11) is 1.32. The Morgan fingerprint density at radius 3 is 2.65 bits per heavy atom. The van der Waals surface area contributed by atoms with Crippen LogP contribution in [0.25, 0.3) is 0 Å². The number of carbonyl (C=O) groups excluding carboxylic acids is 2. The van der Waals surface area contributed by atoms with Gasteiger partial charge in [0.2, 0.25) is 5.91 Å². The number of nitrogens with one attached hydrogen (secondary N) is 1. The molecular formula is C13H15NO3. The summed E-state index contributed by atoms with van der Waals surface area (Å²) in [5.41, 5.74) is 1.90. The van der Waals surface area contributed by atoms with Crippen molar-refractivity contribution in [2.45, 2.75) is 13.8 Å². The Balaban J connectivity index is 2.98. The first-order valence-corrected chi connectivity index (χ1v) is 5.21. The normalized spacial score (nSPS) is 10.3. The molecule has 0 fully saturated rings. The van der Waals surface area contributed by atoms with Gasteiger partial charge in [0.1, 0.15) is 0 Å². The van der Waals surface area contributed by atoms with Gasteiger partial charge in [-0.25, -0.2) is 4.79 Å². The van der Waals surface area contributed by atoms with E-state index in [1.807, 2.05) is 6.92 Å². The smallest absolute Gasteiger partial charge is 0.337 e. The average molecular weight is 233 g/mol. The average Bonchev–Trinajstić information content (AvgIpc) is 2.31. The van der Waals surface area contributed by atoms with Gasteiger partial charge in [-0.3, -0.25) is 4.79 Å². The first kappa shape index (κ1) is 13.0. The lowest BCUT2D eigenvalue weighted by atomic mass is 10.1. The molecule has 1 aromatic rings. The number of ether oxygens (including phenoxy) is 1. The van der Waals surface area contributed by atoms with Crippen molar-refractivity contribution in [1.29, 1.82) is 0 Å². The van der Waals surface area contributed by atoms with Crippen molar-refractivity contribution in [1.82, 2.24) is 0 Å². The fraction of sp³-hybridized carbons (Fsp3) is 0.231. The van der Waals surface area contributed by atoms with Crippen LogP contribution < -0.4 is 5.32 Å². The fourth-order valence-electron chi connectivity index (χ4n) is 1.33. The molecule has 0 aliphatic rings. The predicted molar refractivity (Wildman–Crippen MR) is 66.0 cm³/mol. The van der Waals surface area contributed by atoms with Crippen molar-refractivity contribution in [3.8, 4) is 0 Å². The zero-order valence-electron chi connectivity index (χ0n) is 10.1. The number of hydrogen-bond acceptors (Lipinski definition) is 3. The Morgan fingerprint density at radius 1 is 1.35 bits per heavy atom. The van der Waals surface area contributed by atoms with Gasteiger partial charge in [-0.1, -0.05) is 12.1 Å². The van der Waals surface area contributed by atoms with Gasteiger partial charge >= 0.3 is 5.97 Å². The molecule has 0 aliphatic heterocycles. The molecule has 1 N–H and O–H groups in total. The van der Waals surface area contributed by atoms with Crippen molar-refractivity contribution >= 4 is 17.6 Å². The Labute approximate surface area is 100 Å². The number of esters is 1. The van der Waals surface area contributed by atoms with Gasteiger partial charge in [0.25, 0.3) is 0 Å². The summed E-state index contributed by atoms with van der Waals surface area (Å²) in [6.45, 7) is 3.61. The van der Waals surface area contributed by atoms with E-state index in [4.69, 9.17) is 0 Å². The van der Waals surface area contributed by atoms with E-state index in [0.29, 0.717) is 11.3 Å². The Bertz CT molecular complexity index is 464. The predicted octanol–water partition coefficient (Wildman–Crippen LogP) is 2.30. The van der Waals surface area contributed by atoms with Gasteiger partial charge in [0.15, 0.2) is 0 Å². The molecule has 0 spiro atoms. The van der Waals surface area contributed by atoms with Crippen molar-refractivity contribution < 1.29 is 14.3 Å². The number of methoxy groups -OCH3 is 1. The molecule has 1 aromatic carbocycles. The van der Waals surface area contributed by atoms with E-state index in [1.165, 1.54) is 13.2 Å². The third-order valence-corrected chi connectivity index (χ3v) is 2.23. The molecule has 4 nitrogen and oxygen atoms in total. The molecule has 0 aromatic heterocycles. The largest absolute Gasteiger partial charge is 0.465 e. The lowest BCUT2D eigenvalue weighted by Gasteiger charge is -2.08. The first-order chi connectivity index (χ1) is 8.08. The number of rotatable bonds is 3. The van der Waals surface area contributed by atoms with Crippen LogP contribution in [0.2, 0.25) is 0 Å². The van der Waals surface area contributed by atoms with E-state index in [1.54, 1.807) is 31.2 Å². The van der Waals surface area contributed by atoms with E-state index in [9.17, 15) is 9.59 Å². The Hall–Kier alpha value is -2.10. The highest BCUT2D eigenvalue weighted by Gasteiger charge is 2.08. The first-order valence-electron chi connectivity index (χ1n) is 5.21. The molecule has 1 rings (SSSR count). The maximum Gasteiger partial charge on any atom is 0.337 e. The highest BCUT2D eigenvalue weighted by molar-refractivity contribution is 6.00. The molecule has 0 aliphatic carbocycles. The van der Waals surface area contributed by atoms with Gasteiger partial charge in [0.05, 0.1) is 12.7 Å². The number of benzene rings is 1. The third-order valence-electron chi connectivity index (χ3n) is 2.23. The van der Waals surface area contributed by atoms with Gasteiger partial charge in [-0.2, -0.15) is 0 Å². The van der Waals surface area contributed by atoms with E-state index in [0.717, 1.165) is 5.56 Å². The van der Waals surface area contributed by atoms with Gasteiger partial charge in [-0.15, -0.1) is 0 Å².